The highest BCUT2D eigenvalue weighted by Crippen LogP contribution is 2.14. The Kier molecular flexibility index (Phi) is 5.60. The Labute approximate surface area is 131 Å². The molecule has 0 radical (unpaired) electrons. The molecule has 0 aliphatic rings. The van der Waals surface area contributed by atoms with Crippen LogP contribution in [0.1, 0.15) is 23.5 Å². The third kappa shape index (κ3) is 4.92. The van der Waals surface area contributed by atoms with Gasteiger partial charge in [0.05, 0.1) is 19.0 Å². The van der Waals surface area contributed by atoms with Gasteiger partial charge in [0.15, 0.2) is 0 Å². The van der Waals surface area contributed by atoms with Crippen molar-refractivity contribution in [3.8, 4) is 0 Å². The molecule has 0 bridgehead atoms. The van der Waals surface area contributed by atoms with E-state index in [1.54, 1.807) is 18.3 Å². The minimum atomic E-state index is -0.389. The predicted octanol–water partition coefficient (Wildman–Crippen LogP) is 1.82. The van der Waals surface area contributed by atoms with E-state index in [0.29, 0.717) is 5.56 Å². The first-order valence-electron chi connectivity index (χ1n) is 6.74. The van der Waals surface area contributed by atoms with E-state index in [1.165, 1.54) is 23.5 Å². The molecule has 2 aromatic rings. The van der Waals surface area contributed by atoms with Crippen molar-refractivity contribution in [3.05, 3.63) is 52.2 Å². The second kappa shape index (κ2) is 7.65. The summed E-state index contributed by atoms with van der Waals surface area (Å²) in [5.41, 5.74) is 0.564. The number of carbonyl (C=O) groups excluding carboxylic acids is 2. The summed E-state index contributed by atoms with van der Waals surface area (Å²) in [4.78, 5) is 27.6. The molecule has 0 aliphatic heterocycles. The molecule has 1 atom stereocenters. The van der Waals surface area contributed by atoms with Crippen molar-refractivity contribution in [1.82, 2.24) is 15.6 Å². The van der Waals surface area contributed by atoms with E-state index < -0.39 is 0 Å². The SMILES string of the molecule is CC(NC(=O)CNC(=O)Cc1cccc(F)c1)c1nccs1. The van der Waals surface area contributed by atoms with Gasteiger partial charge in [0.25, 0.3) is 0 Å². The lowest BCUT2D eigenvalue weighted by Gasteiger charge is -2.11. The van der Waals surface area contributed by atoms with Gasteiger partial charge in [-0.3, -0.25) is 9.59 Å². The minimum Gasteiger partial charge on any atom is -0.347 e. The van der Waals surface area contributed by atoms with Gasteiger partial charge in [-0.2, -0.15) is 0 Å². The van der Waals surface area contributed by atoms with E-state index >= 15 is 0 Å². The second-order valence-corrected chi connectivity index (χ2v) is 5.67. The molecule has 1 unspecified atom stereocenters. The summed E-state index contributed by atoms with van der Waals surface area (Å²) in [6.45, 7) is 1.70. The number of nitrogens with one attached hydrogen (secondary N) is 2. The van der Waals surface area contributed by atoms with E-state index in [2.05, 4.69) is 15.6 Å². The molecule has 2 rings (SSSR count). The Bertz CT molecular complexity index is 646. The van der Waals surface area contributed by atoms with Crippen molar-refractivity contribution in [1.29, 1.82) is 0 Å². The number of carbonyl (C=O) groups is 2. The number of nitrogens with zero attached hydrogens (tertiary/aromatic N) is 1. The molecule has 0 spiro atoms. The van der Waals surface area contributed by atoms with Crippen LogP contribution in [-0.2, 0) is 16.0 Å². The number of amides is 2. The normalized spacial score (nSPS) is 11.7. The van der Waals surface area contributed by atoms with Crippen molar-refractivity contribution in [3.63, 3.8) is 0 Å². The van der Waals surface area contributed by atoms with Crippen LogP contribution in [0.3, 0.4) is 0 Å². The minimum absolute atomic E-state index is 0.0348. The van der Waals surface area contributed by atoms with Crippen LogP contribution in [0.4, 0.5) is 4.39 Å². The highest BCUT2D eigenvalue weighted by Gasteiger charge is 2.12. The number of aromatic nitrogens is 1. The topological polar surface area (TPSA) is 71.1 Å². The molecule has 7 heteroatoms. The molecule has 116 valence electrons. The average molecular weight is 321 g/mol. The molecule has 0 fully saturated rings. The molecule has 22 heavy (non-hydrogen) atoms. The lowest BCUT2D eigenvalue weighted by molar-refractivity contribution is -0.126. The fourth-order valence-electron chi connectivity index (χ4n) is 1.88. The Morgan fingerprint density at radius 1 is 1.36 bits per heavy atom. The zero-order valence-corrected chi connectivity index (χ0v) is 12.8. The summed E-state index contributed by atoms with van der Waals surface area (Å²) in [5, 5.41) is 7.89. The molecule has 1 aromatic carbocycles. The lowest BCUT2D eigenvalue weighted by atomic mass is 10.1. The molecule has 2 amide bonds. The summed E-state index contributed by atoms with van der Waals surface area (Å²) in [6.07, 6.45) is 1.70. The van der Waals surface area contributed by atoms with Crippen LogP contribution in [0.25, 0.3) is 0 Å². The van der Waals surface area contributed by atoms with Crippen LogP contribution in [0, 0.1) is 5.82 Å². The van der Waals surface area contributed by atoms with E-state index in [4.69, 9.17) is 0 Å². The van der Waals surface area contributed by atoms with E-state index in [9.17, 15) is 14.0 Å². The Hall–Kier alpha value is -2.28. The Morgan fingerprint density at radius 2 is 2.18 bits per heavy atom. The van der Waals surface area contributed by atoms with Gasteiger partial charge in [-0.15, -0.1) is 11.3 Å². The molecule has 0 saturated heterocycles. The molecule has 1 aromatic heterocycles. The van der Waals surface area contributed by atoms with Gasteiger partial charge in [-0.25, -0.2) is 9.37 Å². The number of benzene rings is 1. The van der Waals surface area contributed by atoms with Gasteiger partial charge < -0.3 is 10.6 Å². The molecule has 2 N–H and O–H groups in total. The van der Waals surface area contributed by atoms with Crippen molar-refractivity contribution in [2.45, 2.75) is 19.4 Å². The first-order valence-corrected chi connectivity index (χ1v) is 7.62. The molecular weight excluding hydrogens is 305 g/mol. The third-order valence-corrected chi connectivity index (χ3v) is 3.86. The number of hydrogen-bond donors (Lipinski definition) is 2. The molecule has 1 heterocycles. The Balaban J connectivity index is 1.75. The highest BCUT2D eigenvalue weighted by molar-refractivity contribution is 7.09. The van der Waals surface area contributed by atoms with Gasteiger partial charge in [-0.1, -0.05) is 12.1 Å². The number of hydrogen-bond acceptors (Lipinski definition) is 4. The fraction of sp³-hybridized carbons (Fsp3) is 0.267. The fourth-order valence-corrected chi connectivity index (χ4v) is 2.52. The van der Waals surface area contributed by atoms with Gasteiger partial charge in [0, 0.05) is 11.6 Å². The van der Waals surface area contributed by atoms with Gasteiger partial charge >= 0.3 is 0 Å². The maximum absolute atomic E-state index is 13.0. The standard InChI is InChI=1S/C15H16FN3O2S/c1-10(15-17-5-6-22-15)19-14(21)9-18-13(20)8-11-3-2-4-12(16)7-11/h2-7,10H,8-9H2,1H3,(H,18,20)(H,19,21). The summed E-state index contributed by atoms with van der Waals surface area (Å²) in [5.74, 6) is -1.02. The monoisotopic (exact) mass is 321 g/mol. The van der Waals surface area contributed by atoms with E-state index in [0.717, 1.165) is 5.01 Å². The van der Waals surface area contributed by atoms with Gasteiger partial charge in [-0.05, 0) is 24.6 Å². The first kappa shape index (κ1) is 16.1. The zero-order chi connectivity index (χ0) is 15.9. The first-order chi connectivity index (χ1) is 10.5. The van der Waals surface area contributed by atoms with Gasteiger partial charge in [0.2, 0.25) is 11.8 Å². The molecule has 0 saturated carbocycles. The molecule has 5 nitrogen and oxygen atoms in total. The summed E-state index contributed by atoms with van der Waals surface area (Å²) < 4.78 is 13.0. The molecular formula is C15H16FN3O2S. The van der Waals surface area contributed by atoms with Gasteiger partial charge in [0.1, 0.15) is 10.8 Å². The van der Waals surface area contributed by atoms with Crippen LogP contribution in [0.5, 0.6) is 0 Å². The van der Waals surface area contributed by atoms with Crippen LogP contribution in [0.2, 0.25) is 0 Å². The Morgan fingerprint density at radius 3 is 2.86 bits per heavy atom. The number of rotatable bonds is 6. The van der Waals surface area contributed by atoms with Crippen LogP contribution >= 0.6 is 11.3 Å². The van der Waals surface area contributed by atoms with Crippen molar-refractivity contribution in [2.75, 3.05) is 6.54 Å². The molecule has 0 aliphatic carbocycles. The largest absolute Gasteiger partial charge is 0.347 e. The third-order valence-electron chi connectivity index (χ3n) is 2.90. The smallest absolute Gasteiger partial charge is 0.239 e. The van der Waals surface area contributed by atoms with Crippen molar-refractivity contribution >= 4 is 23.2 Å². The summed E-state index contributed by atoms with van der Waals surface area (Å²) in [7, 11) is 0. The number of thiazole rings is 1. The lowest BCUT2D eigenvalue weighted by Crippen LogP contribution is -2.38. The van der Waals surface area contributed by atoms with Crippen molar-refractivity contribution < 1.29 is 14.0 Å². The second-order valence-electron chi connectivity index (χ2n) is 4.74. The maximum Gasteiger partial charge on any atom is 0.239 e. The zero-order valence-electron chi connectivity index (χ0n) is 12.0. The van der Waals surface area contributed by atoms with Crippen LogP contribution in [0.15, 0.2) is 35.8 Å². The van der Waals surface area contributed by atoms with E-state index in [-0.39, 0.29) is 36.6 Å². The quantitative estimate of drug-likeness (QED) is 0.852. The average Bonchev–Trinajstić information content (AvgIpc) is 2.99. The van der Waals surface area contributed by atoms with Crippen LogP contribution < -0.4 is 10.6 Å². The maximum atomic E-state index is 13.0. The number of halogens is 1. The van der Waals surface area contributed by atoms with Crippen LogP contribution in [-0.4, -0.2) is 23.3 Å². The summed E-state index contributed by atoms with van der Waals surface area (Å²) >= 11 is 1.45. The van der Waals surface area contributed by atoms with Crippen molar-refractivity contribution in [2.24, 2.45) is 0 Å². The summed E-state index contributed by atoms with van der Waals surface area (Å²) in [6, 6.07) is 5.61. The predicted molar refractivity (Wildman–Crippen MR) is 81.8 cm³/mol. The highest BCUT2D eigenvalue weighted by atomic mass is 32.1. The van der Waals surface area contributed by atoms with E-state index in [1.807, 2.05) is 12.3 Å².